The van der Waals surface area contributed by atoms with Crippen molar-refractivity contribution >= 4 is 34.7 Å². The molecule has 18 heteroatoms. The lowest BCUT2D eigenvalue weighted by Crippen LogP contribution is -2.63. The third-order valence-electron chi connectivity index (χ3n) is 7.58. The number of amides is 2. The van der Waals surface area contributed by atoms with E-state index >= 15 is 4.39 Å². The second kappa shape index (κ2) is 13.1. The van der Waals surface area contributed by atoms with Crippen LogP contribution in [-0.2, 0) is 11.3 Å². The van der Waals surface area contributed by atoms with E-state index in [1.807, 2.05) is 0 Å². The molecule has 1 aliphatic rings. The van der Waals surface area contributed by atoms with Gasteiger partial charge in [0.05, 0.1) is 43.1 Å². The number of benzene rings is 1. The first-order chi connectivity index (χ1) is 21.9. The Hall–Kier alpha value is -5.10. The van der Waals surface area contributed by atoms with Gasteiger partial charge in [-0.3, -0.25) is 15.1 Å². The minimum Gasteiger partial charge on any atom is -0.494 e. The molecule has 3 aromatic heterocycles. The number of ether oxygens (including phenoxy) is 1. The molecule has 46 heavy (non-hydrogen) atoms. The Kier molecular flexibility index (Phi) is 9.19. The van der Waals surface area contributed by atoms with Crippen LogP contribution in [0.15, 0.2) is 37.1 Å². The number of alkyl halides is 2. The van der Waals surface area contributed by atoms with Crippen molar-refractivity contribution in [1.29, 1.82) is 0 Å². The number of carbonyl (C=O) groups excluding carboxylic acids is 1. The molecule has 14 nitrogen and oxygen atoms in total. The number of piperidine rings is 1. The van der Waals surface area contributed by atoms with Crippen molar-refractivity contribution in [3.05, 3.63) is 54.2 Å². The molecule has 1 fully saturated rings. The number of anilines is 2. The maximum atomic E-state index is 15.1. The van der Waals surface area contributed by atoms with Crippen LogP contribution in [-0.4, -0.2) is 91.5 Å². The molecule has 1 saturated heterocycles. The van der Waals surface area contributed by atoms with Crippen LogP contribution in [0.5, 0.6) is 5.75 Å². The Morgan fingerprint density at radius 1 is 1.15 bits per heavy atom. The van der Waals surface area contributed by atoms with E-state index in [9.17, 15) is 27.9 Å². The van der Waals surface area contributed by atoms with Gasteiger partial charge >= 0.3 is 12.0 Å². The number of rotatable bonds is 10. The van der Waals surface area contributed by atoms with Gasteiger partial charge in [-0.05, 0) is 30.5 Å². The molecule has 4 heterocycles. The smallest absolute Gasteiger partial charge is 0.323 e. The summed E-state index contributed by atoms with van der Waals surface area (Å²) in [7, 11) is 1.20. The van der Waals surface area contributed by atoms with Crippen molar-refractivity contribution in [1.82, 2.24) is 29.8 Å². The molecule has 5 rings (SSSR count). The highest BCUT2D eigenvalue weighted by molar-refractivity contribution is 5.96. The highest BCUT2D eigenvalue weighted by Crippen LogP contribution is 2.35. The Labute approximate surface area is 258 Å². The van der Waals surface area contributed by atoms with Crippen LogP contribution < -0.4 is 26.0 Å². The average Bonchev–Trinajstić information content (AvgIpc) is 3.44. The number of aromatic nitrogens is 5. The lowest BCUT2D eigenvalue weighted by Gasteiger charge is -2.44. The number of carbonyl (C=O) groups is 2. The number of hydrogen-bond acceptors (Lipinski definition) is 10. The van der Waals surface area contributed by atoms with Crippen molar-refractivity contribution in [2.24, 2.45) is 5.73 Å². The van der Waals surface area contributed by atoms with E-state index in [4.69, 9.17) is 15.6 Å². The predicted molar refractivity (Wildman–Crippen MR) is 156 cm³/mol. The van der Waals surface area contributed by atoms with Gasteiger partial charge in [-0.25, -0.2) is 37.3 Å². The minimum absolute atomic E-state index is 0.00521. The first-order valence-electron chi connectivity index (χ1n) is 13.8. The molecule has 0 aliphatic carbocycles. The number of imidazole rings is 1. The summed E-state index contributed by atoms with van der Waals surface area (Å²) in [4.78, 5) is 41.5. The number of aliphatic carboxylic acids is 1. The van der Waals surface area contributed by atoms with Gasteiger partial charge in [0.2, 0.25) is 0 Å². The van der Waals surface area contributed by atoms with Gasteiger partial charge in [-0.1, -0.05) is 0 Å². The van der Waals surface area contributed by atoms with Crippen LogP contribution in [0, 0.1) is 11.6 Å². The number of nitrogens with two attached hydrogens (primary N) is 1. The van der Waals surface area contributed by atoms with Gasteiger partial charge in [0.1, 0.15) is 24.8 Å². The second-order valence-corrected chi connectivity index (χ2v) is 10.7. The number of halogens is 4. The molecule has 1 aromatic carbocycles. The largest absolute Gasteiger partial charge is 0.494 e. The van der Waals surface area contributed by atoms with Crippen molar-refractivity contribution in [2.45, 2.75) is 37.5 Å². The first-order valence-corrected chi connectivity index (χ1v) is 13.8. The third kappa shape index (κ3) is 6.62. The van der Waals surface area contributed by atoms with Crippen molar-refractivity contribution < 1.29 is 42.1 Å². The fourth-order valence-corrected chi connectivity index (χ4v) is 5.32. The quantitative estimate of drug-likeness (QED) is 0.159. The summed E-state index contributed by atoms with van der Waals surface area (Å²) in [6.07, 6.45) is -0.701. The molecular formula is C28H29F4N9O5. The number of methoxy groups -OCH3 is 1. The van der Waals surface area contributed by atoms with E-state index in [-0.39, 0.29) is 53.5 Å². The van der Waals surface area contributed by atoms with Gasteiger partial charge in [0.15, 0.2) is 28.5 Å². The van der Waals surface area contributed by atoms with E-state index in [2.05, 4.69) is 30.6 Å². The molecule has 0 spiro atoms. The van der Waals surface area contributed by atoms with Gasteiger partial charge in [0.25, 0.3) is 6.43 Å². The third-order valence-corrected chi connectivity index (χ3v) is 7.58. The van der Waals surface area contributed by atoms with Crippen LogP contribution >= 0.6 is 0 Å². The maximum absolute atomic E-state index is 15.1. The summed E-state index contributed by atoms with van der Waals surface area (Å²) in [5.74, 6) is -3.18. The summed E-state index contributed by atoms with van der Waals surface area (Å²) < 4.78 is 63.1. The highest BCUT2D eigenvalue weighted by Gasteiger charge is 2.43. The molecule has 0 unspecified atom stereocenters. The minimum atomic E-state index is -3.07. The van der Waals surface area contributed by atoms with Gasteiger partial charge < -0.3 is 35.5 Å². The number of pyridine rings is 1. The standard InChI is InChI=1S/C28H29F4N9O5/c1-46-20-7-16(29)15(6-17(20)30)18-5-14(19(8-34-18)40-4-2-3-28(33,11-40)23(44)24(31)32)10-41-13-38-22-25(36-12-37-26(22)41)39-27(45)35-9-21(42)43/h5-8,12-13,23-24,44H,2-4,9-11,33H2,1H3,(H,42,43)(H2,35,36,37,39,45)/t23-,28-/m1/s1. The van der Waals surface area contributed by atoms with Crippen molar-refractivity contribution in [2.75, 3.05) is 37.0 Å². The number of nitrogens with one attached hydrogen (secondary N) is 2. The number of fused-ring (bicyclic) bond motifs is 1. The van der Waals surface area contributed by atoms with E-state index in [1.54, 1.807) is 9.47 Å². The van der Waals surface area contributed by atoms with Gasteiger partial charge in [0, 0.05) is 24.7 Å². The molecule has 1 aliphatic heterocycles. The Balaban J connectivity index is 1.55. The van der Waals surface area contributed by atoms with Crippen LogP contribution in [0.25, 0.3) is 22.4 Å². The van der Waals surface area contributed by atoms with Crippen LogP contribution in [0.4, 0.5) is 33.9 Å². The molecule has 0 bridgehead atoms. The number of aliphatic hydroxyl groups is 1. The van der Waals surface area contributed by atoms with E-state index < -0.39 is 48.2 Å². The Morgan fingerprint density at radius 2 is 1.93 bits per heavy atom. The molecule has 2 amide bonds. The monoisotopic (exact) mass is 647 g/mol. The number of nitrogens with zero attached hydrogens (tertiary/aromatic N) is 6. The Morgan fingerprint density at radius 3 is 2.65 bits per heavy atom. The molecule has 4 aromatic rings. The predicted octanol–water partition coefficient (Wildman–Crippen LogP) is 2.35. The SMILES string of the molecule is COc1cc(F)c(-c2cc(Cn3cnc4c(NC(=O)NCC(=O)O)ncnc43)c(N3CCC[C@](N)([C@H](O)C(F)F)C3)cn2)cc1F. The maximum Gasteiger partial charge on any atom is 0.323 e. The molecular weight excluding hydrogens is 618 g/mol. The summed E-state index contributed by atoms with van der Waals surface area (Å²) in [5, 5.41) is 23.6. The van der Waals surface area contributed by atoms with Gasteiger partial charge in [-0.15, -0.1) is 0 Å². The zero-order chi connectivity index (χ0) is 33.2. The molecule has 0 radical (unpaired) electrons. The zero-order valence-electron chi connectivity index (χ0n) is 24.3. The molecule has 0 saturated carbocycles. The van der Waals surface area contributed by atoms with E-state index in [0.29, 0.717) is 24.2 Å². The number of carboxylic acid groups (broad SMARTS) is 1. The average molecular weight is 648 g/mol. The lowest BCUT2D eigenvalue weighted by molar-refractivity contribution is -0.135. The second-order valence-electron chi connectivity index (χ2n) is 10.7. The lowest BCUT2D eigenvalue weighted by atomic mass is 9.84. The first kappa shape index (κ1) is 32.3. The fraction of sp³-hybridized carbons (Fsp3) is 0.357. The van der Waals surface area contributed by atoms with E-state index in [1.165, 1.54) is 25.7 Å². The summed E-state index contributed by atoms with van der Waals surface area (Å²) in [6, 6.07) is 2.49. The molecule has 2 atom stereocenters. The highest BCUT2D eigenvalue weighted by atomic mass is 19.3. The van der Waals surface area contributed by atoms with Crippen molar-refractivity contribution in [3.63, 3.8) is 0 Å². The van der Waals surface area contributed by atoms with Crippen LogP contribution in [0.1, 0.15) is 18.4 Å². The normalized spacial score (nSPS) is 17.3. The molecule has 6 N–H and O–H groups in total. The van der Waals surface area contributed by atoms with Crippen LogP contribution in [0.2, 0.25) is 0 Å². The summed E-state index contributed by atoms with van der Waals surface area (Å²) in [5.41, 5.74) is 5.82. The van der Waals surface area contributed by atoms with E-state index in [0.717, 1.165) is 18.5 Å². The van der Waals surface area contributed by atoms with Gasteiger partial charge in [-0.2, -0.15) is 0 Å². The number of aliphatic hydroxyl groups excluding tert-OH is 1. The number of carboxylic acids is 1. The molecule has 244 valence electrons. The Bertz CT molecular complexity index is 1770. The fourth-order valence-electron chi connectivity index (χ4n) is 5.32. The number of urea groups is 1. The number of hydrogen-bond donors (Lipinski definition) is 5. The summed E-state index contributed by atoms with van der Waals surface area (Å²) >= 11 is 0. The zero-order valence-corrected chi connectivity index (χ0v) is 24.3. The van der Waals surface area contributed by atoms with Crippen molar-refractivity contribution in [3.8, 4) is 17.0 Å². The van der Waals surface area contributed by atoms with Crippen LogP contribution in [0.3, 0.4) is 0 Å². The topological polar surface area (TPSA) is 194 Å². The summed E-state index contributed by atoms with van der Waals surface area (Å²) in [6.45, 7) is -0.407.